The number of primary amides is 1. The van der Waals surface area contributed by atoms with Gasteiger partial charge in [-0.25, -0.2) is 9.37 Å². The van der Waals surface area contributed by atoms with Crippen LogP contribution in [0.1, 0.15) is 66.0 Å². The molecule has 2 aromatic rings. The number of nitrogens with zero attached hydrogens (tertiary/aromatic N) is 3. The highest BCUT2D eigenvalue weighted by molar-refractivity contribution is 5.99. The Labute approximate surface area is 186 Å². The van der Waals surface area contributed by atoms with E-state index in [1.807, 2.05) is 4.57 Å². The van der Waals surface area contributed by atoms with E-state index in [9.17, 15) is 14.3 Å². The summed E-state index contributed by atoms with van der Waals surface area (Å²) in [5, 5.41) is 9.92. The molecular formula is C24H26FN5O2. The number of aromatic nitrogens is 2. The third-order valence-electron chi connectivity index (χ3n) is 5.97. The van der Waals surface area contributed by atoms with E-state index in [-0.39, 0.29) is 23.2 Å². The Kier molecular flexibility index (Phi) is 5.39. The van der Waals surface area contributed by atoms with E-state index in [0.29, 0.717) is 23.7 Å². The fourth-order valence-corrected chi connectivity index (χ4v) is 4.40. The predicted molar refractivity (Wildman–Crippen MR) is 121 cm³/mol. The second-order valence-corrected chi connectivity index (χ2v) is 8.77. The number of carbonyl (C=O) groups is 1. The molecule has 0 radical (unpaired) electrons. The van der Waals surface area contributed by atoms with E-state index in [4.69, 9.17) is 11.5 Å². The van der Waals surface area contributed by atoms with Crippen molar-refractivity contribution in [3.05, 3.63) is 52.7 Å². The van der Waals surface area contributed by atoms with Gasteiger partial charge in [-0.3, -0.25) is 9.79 Å². The topological polar surface area (TPSA) is 120 Å². The SMILES string of the molecule is CN=C(/C=C\N)Cc1c(C(N)=O)nc2n1C1CC(C1)c1cc(F)c(C#CC(C)(C)O)cc1-2. The number of allylic oxidation sites excluding steroid dienone is 1. The Morgan fingerprint density at radius 2 is 2.16 bits per heavy atom. The standard InChI is InChI=1S/C24H26FN5O2/c1-24(2,32)6-4-13-10-18-17(12-19(13)25)14-8-16(9-14)30-20(11-15(28-3)5-7-26)21(22(27)31)29-23(18)30/h5,7,10,12,14,16,32H,8-9,11,26H2,1-3H3,(H2,27,31)/b7-5-,28-15?. The van der Waals surface area contributed by atoms with Crippen LogP contribution in [0.25, 0.3) is 11.4 Å². The molecule has 1 aromatic carbocycles. The highest BCUT2D eigenvalue weighted by Crippen LogP contribution is 2.53. The first-order valence-electron chi connectivity index (χ1n) is 10.5. The van der Waals surface area contributed by atoms with Crippen molar-refractivity contribution in [1.82, 2.24) is 9.55 Å². The lowest BCUT2D eigenvalue weighted by Crippen LogP contribution is -2.26. The van der Waals surface area contributed by atoms with Crippen molar-refractivity contribution in [2.45, 2.75) is 50.7 Å². The number of carbonyl (C=O) groups excluding carboxylic acids is 1. The molecule has 1 aliphatic carbocycles. The third-order valence-corrected chi connectivity index (χ3v) is 5.97. The number of aliphatic hydroxyl groups is 1. The van der Waals surface area contributed by atoms with Crippen molar-refractivity contribution in [2.75, 3.05) is 7.05 Å². The first kappa shape index (κ1) is 21.8. The highest BCUT2D eigenvalue weighted by atomic mass is 19.1. The second kappa shape index (κ2) is 7.92. The summed E-state index contributed by atoms with van der Waals surface area (Å²) >= 11 is 0. The summed E-state index contributed by atoms with van der Waals surface area (Å²) in [4.78, 5) is 21.1. The van der Waals surface area contributed by atoms with Crippen LogP contribution in [-0.2, 0) is 6.42 Å². The number of hydrogen-bond donors (Lipinski definition) is 3. The van der Waals surface area contributed by atoms with Crippen LogP contribution in [0.15, 0.2) is 29.4 Å². The number of aliphatic imine (C=N–C) groups is 1. The van der Waals surface area contributed by atoms with E-state index in [1.54, 1.807) is 19.2 Å². The molecule has 5 rings (SSSR count). The molecule has 0 saturated heterocycles. The number of benzene rings is 1. The van der Waals surface area contributed by atoms with Crippen molar-refractivity contribution in [1.29, 1.82) is 0 Å². The Balaban J connectivity index is 1.93. The monoisotopic (exact) mass is 435 g/mol. The Morgan fingerprint density at radius 1 is 1.44 bits per heavy atom. The number of amides is 1. The predicted octanol–water partition coefficient (Wildman–Crippen LogP) is 2.43. The van der Waals surface area contributed by atoms with Crippen molar-refractivity contribution < 1.29 is 14.3 Å². The van der Waals surface area contributed by atoms with Gasteiger partial charge in [-0.2, -0.15) is 0 Å². The van der Waals surface area contributed by atoms with Crippen LogP contribution in [-0.4, -0.2) is 38.9 Å². The molecule has 5 N–H and O–H groups in total. The molecule has 2 bridgehead atoms. The normalized spacial score (nSPS) is 19.5. The lowest BCUT2D eigenvalue weighted by atomic mass is 9.75. The Hall–Kier alpha value is -3.44. The van der Waals surface area contributed by atoms with Crippen molar-refractivity contribution >= 4 is 11.6 Å². The molecule has 0 spiro atoms. The third kappa shape index (κ3) is 3.80. The minimum absolute atomic E-state index is 0.131. The lowest BCUT2D eigenvalue weighted by Gasteiger charge is -2.35. The average molecular weight is 436 g/mol. The Bertz CT molecular complexity index is 1220. The van der Waals surface area contributed by atoms with Gasteiger partial charge >= 0.3 is 0 Å². The van der Waals surface area contributed by atoms with Crippen LogP contribution in [0.5, 0.6) is 0 Å². The van der Waals surface area contributed by atoms with Gasteiger partial charge in [0.1, 0.15) is 22.9 Å². The van der Waals surface area contributed by atoms with Gasteiger partial charge in [-0.15, -0.1) is 0 Å². The number of nitrogens with two attached hydrogens (primary N) is 2. The maximum Gasteiger partial charge on any atom is 0.269 e. The second-order valence-electron chi connectivity index (χ2n) is 8.77. The smallest absolute Gasteiger partial charge is 0.269 e. The highest BCUT2D eigenvalue weighted by Gasteiger charge is 2.41. The van der Waals surface area contributed by atoms with Crippen LogP contribution < -0.4 is 11.5 Å². The number of hydrogen-bond acceptors (Lipinski definition) is 5. The van der Waals surface area contributed by atoms with E-state index in [0.717, 1.165) is 24.0 Å². The quantitative estimate of drug-likeness (QED) is 0.505. The molecule has 8 heteroatoms. The fourth-order valence-electron chi connectivity index (χ4n) is 4.40. The maximum absolute atomic E-state index is 14.8. The van der Waals surface area contributed by atoms with Gasteiger partial charge in [0, 0.05) is 30.8 Å². The van der Waals surface area contributed by atoms with Crippen LogP contribution >= 0.6 is 0 Å². The van der Waals surface area contributed by atoms with Crippen molar-refractivity contribution in [2.24, 2.45) is 16.5 Å². The summed E-state index contributed by atoms with van der Waals surface area (Å²) in [6.45, 7) is 3.08. The molecule has 0 unspecified atom stereocenters. The molecule has 2 aliphatic heterocycles. The van der Waals surface area contributed by atoms with Crippen molar-refractivity contribution in [3.8, 4) is 23.2 Å². The van der Waals surface area contributed by atoms with Gasteiger partial charge in [-0.1, -0.05) is 11.8 Å². The van der Waals surface area contributed by atoms with Gasteiger partial charge in [-0.05, 0) is 62.6 Å². The summed E-state index contributed by atoms with van der Waals surface area (Å²) in [7, 11) is 1.66. The molecule has 0 atom stereocenters. The molecule has 7 nitrogen and oxygen atoms in total. The zero-order valence-corrected chi connectivity index (χ0v) is 18.3. The molecule has 32 heavy (non-hydrogen) atoms. The minimum Gasteiger partial charge on any atom is -0.405 e. The molecule has 1 saturated carbocycles. The summed E-state index contributed by atoms with van der Waals surface area (Å²) in [6.07, 6.45) is 5.07. The number of imidazole rings is 1. The molecule has 1 aromatic heterocycles. The van der Waals surface area contributed by atoms with E-state index >= 15 is 0 Å². The summed E-state index contributed by atoms with van der Waals surface area (Å²) in [6, 6.07) is 3.30. The van der Waals surface area contributed by atoms with Gasteiger partial charge in [0.25, 0.3) is 5.91 Å². The Morgan fingerprint density at radius 3 is 2.75 bits per heavy atom. The zero-order valence-electron chi connectivity index (χ0n) is 18.3. The van der Waals surface area contributed by atoms with Gasteiger partial charge in [0.05, 0.1) is 11.3 Å². The largest absolute Gasteiger partial charge is 0.405 e. The first-order valence-corrected chi connectivity index (χ1v) is 10.5. The summed E-state index contributed by atoms with van der Waals surface area (Å²) < 4.78 is 16.9. The van der Waals surface area contributed by atoms with Gasteiger partial charge < -0.3 is 21.1 Å². The van der Waals surface area contributed by atoms with Crippen LogP contribution in [0.2, 0.25) is 0 Å². The van der Waals surface area contributed by atoms with E-state index < -0.39 is 17.3 Å². The molecule has 1 fully saturated rings. The molecule has 3 aliphatic rings. The van der Waals surface area contributed by atoms with Gasteiger partial charge in [0.15, 0.2) is 0 Å². The van der Waals surface area contributed by atoms with Crippen LogP contribution in [0, 0.1) is 17.7 Å². The van der Waals surface area contributed by atoms with E-state index in [2.05, 4.69) is 21.8 Å². The number of halogens is 1. The fraction of sp³-hybridized carbons (Fsp3) is 0.375. The molecular weight excluding hydrogens is 409 g/mol. The maximum atomic E-state index is 14.8. The first-order chi connectivity index (χ1) is 15.1. The van der Waals surface area contributed by atoms with Gasteiger partial charge in [0.2, 0.25) is 0 Å². The van der Waals surface area contributed by atoms with Crippen LogP contribution in [0.4, 0.5) is 4.39 Å². The van der Waals surface area contributed by atoms with Crippen LogP contribution in [0.3, 0.4) is 0 Å². The molecule has 3 heterocycles. The average Bonchev–Trinajstić information content (AvgIpc) is 2.92. The lowest BCUT2D eigenvalue weighted by molar-refractivity contribution is 0.0994. The summed E-state index contributed by atoms with van der Waals surface area (Å²) in [5.74, 6) is 5.11. The van der Waals surface area contributed by atoms with E-state index in [1.165, 1.54) is 26.1 Å². The zero-order chi connectivity index (χ0) is 23.2. The molecule has 166 valence electrons. The summed E-state index contributed by atoms with van der Waals surface area (Å²) in [5.41, 5.74) is 13.3. The molecule has 1 amide bonds. The van der Waals surface area contributed by atoms with Crippen molar-refractivity contribution in [3.63, 3.8) is 0 Å². The minimum atomic E-state index is -1.25. The number of rotatable bonds is 4.